The van der Waals surface area contributed by atoms with Crippen LogP contribution in [0.5, 0.6) is 0 Å². The Bertz CT molecular complexity index is 468. The van der Waals surface area contributed by atoms with E-state index in [-0.39, 0.29) is 5.92 Å². The van der Waals surface area contributed by atoms with E-state index in [4.69, 9.17) is 5.11 Å². The molecule has 2 amide bonds. The number of nitrogens with one attached hydrogen (secondary N) is 2. The van der Waals surface area contributed by atoms with E-state index in [0.29, 0.717) is 6.54 Å². The quantitative estimate of drug-likeness (QED) is 0.730. The zero-order chi connectivity index (χ0) is 14.6. The molecule has 0 aliphatic rings. The highest BCUT2D eigenvalue weighted by atomic mass is 16.4. The summed E-state index contributed by atoms with van der Waals surface area (Å²) >= 11 is 0. The molecule has 0 saturated carbocycles. The van der Waals surface area contributed by atoms with E-state index in [1.54, 1.807) is 24.7 Å². The van der Waals surface area contributed by atoms with Gasteiger partial charge < -0.3 is 15.7 Å². The average Bonchev–Trinajstić information content (AvgIpc) is 2.63. The first-order valence-electron chi connectivity index (χ1n) is 6.07. The normalized spacial score (nSPS) is 12.3. The Morgan fingerprint density at radius 3 is 2.53 bits per heavy atom. The lowest BCUT2D eigenvalue weighted by atomic mass is 10.1. The van der Waals surface area contributed by atoms with E-state index in [0.717, 1.165) is 11.3 Å². The molecular weight excluding hydrogens is 248 g/mol. The van der Waals surface area contributed by atoms with Crippen LogP contribution in [-0.4, -0.2) is 32.9 Å². The largest absolute Gasteiger partial charge is 0.480 e. The van der Waals surface area contributed by atoms with Gasteiger partial charge in [-0.25, -0.2) is 9.59 Å². The minimum atomic E-state index is -1.04. The van der Waals surface area contributed by atoms with Crippen molar-refractivity contribution in [3.05, 3.63) is 17.5 Å². The predicted octanol–water partition coefficient (Wildman–Crippen LogP) is 0.637. The SMILES string of the molecule is Cc1c(CNC(=O)N[C@@H](C(=O)O)C(C)C)cnn1C. The molecule has 0 aromatic carbocycles. The second-order valence-corrected chi connectivity index (χ2v) is 4.77. The standard InChI is InChI=1S/C12H20N4O3/c1-7(2)10(11(17)18)15-12(19)13-5-9-6-14-16(4)8(9)3/h6-7,10H,5H2,1-4H3,(H,17,18)(H2,13,15,19)/t10-/m1/s1. The number of nitrogens with zero attached hydrogens (tertiary/aromatic N) is 2. The Labute approximate surface area is 112 Å². The molecule has 1 aromatic rings. The van der Waals surface area contributed by atoms with Gasteiger partial charge in [0, 0.05) is 24.8 Å². The summed E-state index contributed by atoms with van der Waals surface area (Å²) in [7, 11) is 1.82. The number of carbonyl (C=O) groups excluding carboxylic acids is 1. The highest BCUT2D eigenvalue weighted by molar-refractivity contribution is 5.82. The first kappa shape index (κ1) is 15.0. The van der Waals surface area contributed by atoms with Crippen molar-refractivity contribution in [2.24, 2.45) is 13.0 Å². The highest BCUT2D eigenvalue weighted by Crippen LogP contribution is 2.05. The molecule has 1 heterocycles. The number of hydrogen-bond acceptors (Lipinski definition) is 3. The third-order valence-corrected chi connectivity index (χ3v) is 3.00. The van der Waals surface area contributed by atoms with E-state index < -0.39 is 18.0 Å². The smallest absolute Gasteiger partial charge is 0.326 e. The summed E-state index contributed by atoms with van der Waals surface area (Å²) in [4.78, 5) is 22.6. The zero-order valence-electron chi connectivity index (χ0n) is 11.6. The van der Waals surface area contributed by atoms with Gasteiger partial charge in [0.25, 0.3) is 0 Å². The molecule has 1 rings (SSSR count). The number of carbonyl (C=O) groups is 2. The topological polar surface area (TPSA) is 96.2 Å². The number of aromatic nitrogens is 2. The van der Waals surface area contributed by atoms with Crippen LogP contribution >= 0.6 is 0 Å². The number of rotatable bonds is 5. The molecule has 7 nitrogen and oxygen atoms in total. The van der Waals surface area contributed by atoms with E-state index in [1.807, 2.05) is 14.0 Å². The number of amides is 2. The van der Waals surface area contributed by atoms with Crippen molar-refractivity contribution in [3.8, 4) is 0 Å². The van der Waals surface area contributed by atoms with Gasteiger partial charge in [-0.15, -0.1) is 0 Å². The highest BCUT2D eigenvalue weighted by Gasteiger charge is 2.23. The fourth-order valence-electron chi connectivity index (χ4n) is 1.60. The molecule has 0 saturated heterocycles. The van der Waals surface area contributed by atoms with Gasteiger partial charge in [0.15, 0.2) is 0 Å². The van der Waals surface area contributed by atoms with E-state index >= 15 is 0 Å². The van der Waals surface area contributed by atoms with Crippen molar-refractivity contribution in [1.29, 1.82) is 0 Å². The van der Waals surface area contributed by atoms with Gasteiger partial charge in [-0.05, 0) is 12.8 Å². The molecule has 0 unspecified atom stereocenters. The maximum absolute atomic E-state index is 11.6. The second kappa shape index (κ2) is 6.21. The fourth-order valence-corrected chi connectivity index (χ4v) is 1.60. The predicted molar refractivity (Wildman–Crippen MR) is 69.6 cm³/mol. The molecule has 7 heteroatoms. The summed E-state index contributed by atoms with van der Waals surface area (Å²) in [5.74, 6) is -1.22. The molecule has 19 heavy (non-hydrogen) atoms. The van der Waals surface area contributed by atoms with Crippen molar-refractivity contribution in [3.63, 3.8) is 0 Å². The van der Waals surface area contributed by atoms with Gasteiger partial charge in [-0.2, -0.15) is 5.10 Å². The fraction of sp³-hybridized carbons (Fsp3) is 0.583. The van der Waals surface area contributed by atoms with Crippen LogP contribution < -0.4 is 10.6 Å². The lowest BCUT2D eigenvalue weighted by Crippen LogP contribution is -2.48. The second-order valence-electron chi connectivity index (χ2n) is 4.77. The molecule has 0 fully saturated rings. The molecule has 0 aliphatic carbocycles. The minimum Gasteiger partial charge on any atom is -0.480 e. The number of carboxylic acids is 1. The minimum absolute atomic E-state index is 0.177. The van der Waals surface area contributed by atoms with E-state index in [9.17, 15) is 9.59 Å². The Balaban J connectivity index is 2.52. The maximum Gasteiger partial charge on any atom is 0.326 e. The lowest BCUT2D eigenvalue weighted by Gasteiger charge is -2.18. The summed E-state index contributed by atoms with van der Waals surface area (Å²) in [6.45, 7) is 5.70. The lowest BCUT2D eigenvalue weighted by molar-refractivity contribution is -0.140. The van der Waals surface area contributed by atoms with E-state index in [2.05, 4.69) is 15.7 Å². The van der Waals surface area contributed by atoms with Crippen LogP contribution in [0, 0.1) is 12.8 Å². The molecule has 1 aromatic heterocycles. The van der Waals surface area contributed by atoms with Crippen LogP contribution in [0.2, 0.25) is 0 Å². The van der Waals surface area contributed by atoms with Crippen LogP contribution in [0.15, 0.2) is 6.20 Å². The van der Waals surface area contributed by atoms with Crippen LogP contribution in [0.1, 0.15) is 25.1 Å². The molecule has 106 valence electrons. The van der Waals surface area contributed by atoms with Gasteiger partial charge in [0.1, 0.15) is 6.04 Å². The van der Waals surface area contributed by atoms with Gasteiger partial charge in [0.2, 0.25) is 0 Å². The molecule has 0 radical (unpaired) electrons. The monoisotopic (exact) mass is 268 g/mol. The van der Waals surface area contributed by atoms with Gasteiger partial charge >= 0.3 is 12.0 Å². The van der Waals surface area contributed by atoms with Crippen molar-refractivity contribution in [2.45, 2.75) is 33.4 Å². The number of urea groups is 1. The molecule has 1 atom stereocenters. The third-order valence-electron chi connectivity index (χ3n) is 3.00. The Kier molecular flexibility index (Phi) is 4.91. The van der Waals surface area contributed by atoms with Crippen LogP contribution in [0.3, 0.4) is 0 Å². The van der Waals surface area contributed by atoms with Gasteiger partial charge in [-0.1, -0.05) is 13.8 Å². The summed E-state index contributed by atoms with van der Waals surface area (Å²) in [6, 6.07) is -1.39. The van der Waals surface area contributed by atoms with Crippen molar-refractivity contribution in [1.82, 2.24) is 20.4 Å². The Morgan fingerprint density at radius 1 is 1.47 bits per heavy atom. The average molecular weight is 268 g/mol. The summed E-state index contributed by atoms with van der Waals surface area (Å²) < 4.78 is 1.71. The summed E-state index contributed by atoms with van der Waals surface area (Å²) in [5, 5.41) is 18.1. The van der Waals surface area contributed by atoms with E-state index in [1.165, 1.54) is 0 Å². The Hall–Kier alpha value is -2.05. The summed E-state index contributed by atoms with van der Waals surface area (Å²) in [5.41, 5.74) is 1.85. The Morgan fingerprint density at radius 2 is 2.11 bits per heavy atom. The van der Waals surface area contributed by atoms with Crippen molar-refractivity contribution < 1.29 is 14.7 Å². The number of aliphatic carboxylic acids is 1. The maximum atomic E-state index is 11.6. The van der Waals surface area contributed by atoms with Crippen molar-refractivity contribution in [2.75, 3.05) is 0 Å². The third kappa shape index (κ3) is 3.97. The molecular formula is C12H20N4O3. The number of aryl methyl sites for hydroxylation is 1. The van der Waals surface area contributed by atoms with Crippen LogP contribution in [0.25, 0.3) is 0 Å². The van der Waals surface area contributed by atoms with Crippen LogP contribution in [0.4, 0.5) is 4.79 Å². The first-order chi connectivity index (χ1) is 8.82. The van der Waals surface area contributed by atoms with Crippen molar-refractivity contribution >= 4 is 12.0 Å². The molecule has 0 aliphatic heterocycles. The number of carboxylic acid groups (broad SMARTS) is 1. The molecule has 0 spiro atoms. The molecule has 3 N–H and O–H groups in total. The van der Waals surface area contributed by atoms with Gasteiger partial charge in [0.05, 0.1) is 6.20 Å². The number of hydrogen-bond donors (Lipinski definition) is 3. The zero-order valence-corrected chi connectivity index (χ0v) is 11.6. The first-order valence-corrected chi connectivity index (χ1v) is 6.07. The van der Waals surface area contributed by atoms with Crippen LogP contribution in [-0.2, 0) is 18.4 Å². The summed E-state index contributed by atoms with van der Waals surface area (Å²) in [6.07, 6.45) is 1.67. The van der Waals surface area contributed by atoms with Gasteiger partial charge in [-0.3, -0.25) is 4.68 Å². The molecule has 0 bridgehead atoms.